The minimum absolute atomic E-state index is 0.234. The average Bonchev–Trinajstić information content (AvgIpc) is 3.49. The topological polar surface area (TPSA) is 114 Å². The van der Waals surface area contributed by atoms with Crippen LogP contribution in [0.4, 0.5) is 5.69 Å². The van der Waals surface area contributed by atoms with Crippen molar-refractivity contribution in [2.75, 3.05) is 11.9 Å². The number of H-pyrrole nitrogens is 2. The van der Waals surface area contributed by atoms with Gasteiger partial charge in [0.2, 0.25) is 5.88 Å². The first-order valence-corrected chi connectivity index (χ1v) is 10.7. The van der Waals surface area contributed by atoms with Gasteiger partial charge in [0.1, 0.15) is 11.4 Å². The van der Waals surface area contributed by atoms with E-state index in [0.29, 0.717) is 36.1 Å². The van der Waals surface area contributed by atoms with Gasteiger partial charge in [-0.15, -0.1) is 0 Å². The number of rotatable bonds is 7. The van der Waals surface area contributed by atoms with Crippen molar-refractivity contribution in [1.29, 1.82) is 0 Å². The van der Waals surface area contributed by atoms with Crippen molar-refractivity contribution in [3.8, 4) is 23.0 Å². The summed E-state index contributed by atoms with van der Waals surface area (Å²) in [6.45, 7) is 4.90. The molecule has 166 valence electrons. The molecular weight excluding hydrogens is 418 g/mol. The number of anilines is 1. The number of fused-ring (bicyclic) bond motifs is 1. The largest absolute Gasteiger partial charge is 0.478 e. The molecule has 0 aliphatic carbocycles. The van der Waals surface area contributed by atoms with Gasteiger partial charge in [0, 0.05) is 30.3 Å². The van der Waals surface area contributed by atoms with E-state index in [0.717, 1.165) is 28.0 Å². The highest BCUT2D eigenvalue weighted by Crippen LogP contribution is 2.27. The highest BCUT2D eigenvalue weighted by atomic mass is 16.5. The molecule has 0 amide bonds. The van der Waals surface area contributed by atoms with Crippen LogP contribution >= 0.6 is 0 Å². The molecule has 5 aromatic rings. The maximum Gasteiger partial charge on any atom is 0.261 e. The third-order valence-electron chi connectivity index (χ3n) is 5.30. The fourth-order valence-electron chi connectivity index (χ4n) is 3.78. The zero-order valence-electron chi connectivity index (χ0n) is 18.3. The van der Waals surface area contributed by atoms with Crippen molar-refractivity contribution < 1.29 is 4.74 Å². The first kappa shape index (κ1) is 20.5. The van der Waals surface area contributed by atoms with Crippen LogP contribution in [0.25, 0.3) is 28.1 Å². The zero-order valence-corrected chi connectivity index (χ0v) is 18.3. The SMILES string of the molecule is CCOc1cccc(CNc2cc[nH]c(=O)c2-c2nc3c(C)cc(-n4ccnc4)cc3[nH]2)n1. The second-order valence-corrected chi connectivity index (χ2v) is 7.56. The Labute approximate surface area is 189 Å². The van der Waals surface area contributed by atoms with Crippen molar-refractivity contribution in [3.63, 3.8) is 0 Å². The average molecular weight is 441 g/mol. The van der Waals surface area contributed by atoms with Crippen molar-refractivity contribution in [3.05, 3.63) is 82.9 Å². The van der Waals surface area contributed by atoms with Crippen molar-refractivity contribution in [2.24, 2.45) is 0 Å². The van der Waals surface area contributed by atoms with Crippen LogP contribution < -0.4 is 15.6 Å². The third-order valence-corrected chi connectivity index (χ3v) is 5.30. The number of pyridine rings is 2. The summed E-state index contributed by atoms with van der Waals surface area (Å²) in [6.07, 6.45) is 6.98. The number of hydrogen-bond donors (Lipinski definition) is 3. The summed E-state index contributed by atoms with van der Waals surface area (Å²) in [4.78, 5) is 32.2. The molecule has 0 saturated heterocycles. The number of aromatic amines is 2. The second kappa shape index (κ2) is 8.62. The van der Waals surface area contributed by atoms with Gasteiger partial charge in [0.15, 0.2) is 0 Å². The van der Waals surface area contributed by atoms with Gasteiger partial charge in [-0.25, -0.2) is 15.0 Å². The molecule has 0 saturated carbocycles. The van der Waals surface area contributed by atoms with E-state index in [1.807, 2.05) is 61.0 Å². The van der Waals surface area contributed by atoms with Gasteiger partial charge in [0.25, 0.3) is 5.56 Å². The zero-order chi connectivity index (χ0) is 22.8. The third kappa shape index (κ3) is 4.08. The lowest BCUT2D eigenvalue weighted by Crippen LogP contribution is -2.13. The van der Waals surface area contributed by atoms with E-state index in [-0.39, 0.29) is 5.56 Å². The lowest BCUT2D eigenvalue weighted by molar-refractivity contribution is 0.326. The van der Waals surface area contributed by atoms with Gasteiger partial charge in [-0.2, -0.15) is 0 Å². The van der Waals surface area contributed by atoms with Crippen LogP contribution in [0.3, 0.4) is 0 Å². The first-order valence-electron chi connectivity index (χ1n) is 10.7. The van der Waals surface area contributed by atoms with E-state index in [9.17, 15) is 4.79 Å². The molecule has 9 heteroatoms. The molecule has 5 rings (SSSR count). The molecule has 33 heavy (non-hydrogen) atoms. The summed E-state index contributed by atoms with van der Waals surface area (Å²) < 4.78 is 7.41. The summed E-state index contributed by atoms with van der Waals surface area (Å²) >= 11 is 0. The first-order chi connectivity index (χ1) is 16.1. The molecule has 0 aliphatic heterocycles. The Morgan fingerprint density at radius 1 is 1.18 bits per heavy atom. The Bertz CT molecular complexity index is 1470. The van der Waals surface area contributed by atoms with E-state index in [1.54, 1.807) is 18.7 Å². The van der Waals surface area contributed by atoms with Crippen LogP contribution in [0.5, 0.6) is 5.88 Å². The van der Waals surface area contributed by atoms with Gasteiger partial charge < -0.3 is 24.6 Å². The Hall–Kier alpha value is -4.40. The van der Waals surface area contributed by atoms with Crippen LogP contribution in [0.2, 0.25) is 0 Å². The molecule has 0 fully saturated rings. The predicted octanol–water partition coefficient (Wildman–Crippen LogP) is 3.82. The highest BCUT2D eigenvalue weighted by molar-refractivity contribution is 5.86. The molecule has 9 nitrogen and oxygen atoms in total. The molecule has 4 heterocycles. The maximum atomic E-state index is 12.8. The van der Waals surface area contributed by atoms with Crippen LogP contribution in [0, 0.1) is 6.92 Å². The minimum atomic E-state index is -0.234. The fraction of sp³-hybridized carbons (Fsp3) is 0.167. The summed E-state index contributed by atoms with van der Waals surface area (Å²) in [7, 11) is 0. The molecule has 0 atom stereocenters. The second-order valence-electron chi connectivity index (χ2n) is 7.56. The summed E-state index contributed by atoms with van der Waals surface area (Å²) in [5.74, 6) is 1.07. The molecule has 0 aliphatic rings. The van der Waals surface area contributed by atoms with Gasteiger partial charge in [-0.1, -0.05) is 6.07 Å². The monoisotopic (exact) mass is 441 g/mol. The number of nitrogens with zero attached hydrogens (tertiary/aromatic N) is 4. The van der Waals surface area contributed by atoms with Gasteiger partial charge in [-0.3, -0.25) is 4.79 Å². The molecule has 0 radical (unpaired) electrons. The Kier molecular flexibility index (Phi) is 5.35. The fourth-order valence-corrected chi connectivity index (χ4v) is 3.78. The van der Waals surface area contributed by atoms with E-state index in [2.05, 4.69) is 25.3 Å². The van der Waals surface area contributed by atoms with Gasteiger partial charge in [-0.05, 0) is 43.7 Å². The molecule has 0 unspecified atom stereocenters. The van der Waals surface area contributed by atoms with Crippen molar-refractivity contribution in [2.45, 2.75) is 20.4 Å². The Morgan fingerprint density at radius 3 is 2.91 bits per heavy atom. The lowest BCUT2D eigenvalue weighted by Gasteiger charge is -2.10. The quantitative estimate of drug-likeness (QED) is 0.354. The van der Waals surface area contributed by atoms with Gasteiger partial charge >= 0.3 is 0 Å². The number of nitrogens with one attached hydrogen (secondary N) is 3. The standard InChI is InChI=1S/C24H23N7O2/c1-3-33-20-6-4-5-16(28-20)13-27-18-7-8-26-24(32)21(18)23-29-19-12-17(31-10-9-25-14-31)11-15(2)22(19)30-23/h4-12,14H,3,13H2,1-2H3,(H,29,30)(H2,26,27,32). The Morgan fingerprint density at radius 2 is 2.09 bits per heavy atom. The minimum Gasteiger partial charge on any atom is -0.478 e. The highest BCUT2D eigenvalue weighted by Gasteiger charge is 2.16. The van der Waals surface area contributed by atoms with E-state index in [1.165, 1.54) is 0 Å². The van der Waals surface area contributed by atoms with Crippen LogP contribution in [0.1, 0.15) is 18.2 Å². The van der Waals surface area contributed by atoms with E-state index < -0.39 is 0 Å². The van der Waals surface area contributed by atoms with Crippen LogP contribution in [-0.2, 0) is 6.54 Å². The summed E-state index contributed by atoms with van der Waals surface area (Å²) in [5, 5.41) is 3.32. The van der Waals surface area contributed by atoms with Crippen LogP contribution in [-0.4, -0.2) is 36.1 Å². The number of hydrogen-bond acceptors (Lipinski definition) is 6. The number of imidazole rings is 2. The number of aryl methyl sites for hydroxylation is 1. The number of ether oxygens (including phenoxy) is 1. The smallest absolute Gasteiger partial charge is 0.261 e. The van der Waals surface area contributed by atoms with Gasteiger partial charge in [0.05, 0.1) is 41.9 Å². The van der Waals surface area contributed by atoms with E-state index in [4.69, 9.17) is 9.72 Å². The summed E-state index contributed by atoms with van der Waals surface area (Å²) in [5.41, 5.74) is 5.29. The van der Waals surface area contributed by atoms with Crippen molar-refractivity contribution in [1.82, 2.24) is 29.5 Å². The maximum absolute atomic E-state index is 12.8. The lowest BCUT2D eigenvalue weighted by atomic mass is 10.2. The van der Waals surface area contributed by atoms with Crippen molar-refractivity contribution >= 4 is 16.7 Å². The molecule has 3 N–H and O–H groups in total. The predicted molar refractivity (Wildman–Crippen MR) is 127 cm³/mol. The number of aromatic nitrogens is 6. The molecule has 0 bridgehead atoms. The number of benzene rings is 1. The summed E-state index contributed by atoms with van der Waals surface area (Å²) in [6, 6.07) is 11.5. The normalized spacial score (nSPS) is 11.1. The molecule has 4 aromatic heterocycles. The Balaban J connectivity index is 1.50. The molecular formula is C24H23N7O2. The van der Waals surface area contributed by atoms with Crippen LogP contribution in [0.15, 0.2) is 66.1 Å². The van der Waals surface area contributed by atoms with E-state index >= 15 is 0 Å². The molecule has 1 aromatic carbocycles. The molecule has 0 spiro atoms.